The molecular formula is C11H13BrClNOS. The summed E-state index contributed by atoms with van der Waals surface area (Å²) in [5.74, 6) is 0. The zero-order valence-electron chi connectivity index (χ0n) is 9.33. The number of benzene rings is 1. The van der Waals surface area contributed by atoms with E-state index in [0.717, 1.165) is 10.0 Å². The molecule has 1 rings (SSSR count). The van der Waals surface area contributed by atoms with E-state index in [2.05, 4.69) is 20.3 Å². The van der Waals surface area contributed by atoms with Crippen molar-refractivity contribution in [3.63, 3.8) is 0 Å². The average molecular weight is 323 g/mol. The Hall–Kier alpha value is -0.190. The summed E-state index contributed by atoms with van der Waals surface area (Å²) < 4.78 is 16.3. The number of rotatable bonds is 2. The molecule has 2 nitrogen and oxygen atoms in total. The van der Waals surface area contributed by atoms with E-state index in [0.29, 0.717) is 5.02 Å². The van der Waals surface area contributed by atoms with Crippen molar-refractivity contribution in [2.75, 3.05) is 0 Å². The van der Waals surface area contributed by atoms with E-state index in [-0.39, 0.29) is 4.75 Å². The predicted octanol–water partition coefficient (Wildman–Crippen LogP) is 3.98. The minimum atomic E-state index is -1.25. The Morgan fingerprint density at radius 2 is 2.06 bits per heavy atom. The van der Waals surface area contributed by atoms with Gasteiger partial charge in [-0.15, -0.1) is 0 Å². The molecule has 0 aliphatic rings. The third-order valence-electron chi connectivity index (χ3n) is 1.77. The zero-order valence-corrected chi connectivity index (χ0v) is 12.5. The van der Waals surface area contributed by atoms with Gasteiger partial charge in [0.05, 0.1) is 4.75 Å². The molecular weight excluding hydrogens is 310 g/mol. The maximum absolute atomic E-state index is 11.7. The molecule has 0 heterocycles. The van der Waals surface area contributed by atoms with Crippen molar-refractivity contribution >= 4 is 44.7 Å². The second-order valence-corrected chi connectivity index (χ2v) is 7.49. The van der Waals surface area contributed by atoms with Crippen molar-refractivity contribution in [2.24, 2.45) is 4.40 Å². The first-order chi connectivity index (χ1) is 7.30. The van der Waals surface area contributed by atoms with Gasteiger partial charge in [-0.05, 0) is 39.0 Å². The quantitative estimate of drug-likeness (QED) is 0.757. The van der Waals surface area contributed by atoms with Crippen LogP contribution in [-0.2, 0) is 11.0 Å². The number of halogens is 2. The molecule has 5 heteroatoms. The van der Waals surface area contributed by atoms with Gasteiger partial charge in [-0.1, -0.05) is 27.5 Å². The van der Waals surface area contributed by atoms with Crippen LogP contribution in [-0.4, -0.2) is 15.2 Å². The molecule has 88 valence electrons. The van der Waals surface area contributed by atoms with Gasteiger partial charge in [0.25, 0.3) is 0 Å². The molecule has 0 N–H and O–H groups in total. The Balaban J connectivity index is 2.93. The Labute approximate surface area is 112 Å². The van der Waals surface area contributed by atoms with Crippen LogP contribution in [0.15, 0.2) is 27.1 Å². The molecule has 0 fully saturated rings. The molecule has 0 aromatic heterocycles. The molecule has 0 bridgehead atoms. The highest BCUT2D eigenvalue weighted by atomic mass is 79.9. The lowest BCUT2D eigenvalue weighted by atomic mass is 10.2. The van der Waals surface area contributed by atoms with Gasteiger partial charge in [0.15, 0.2) is 0 Å². The molecule has 0 spiro atoms. The van der Waals surface area contributed by atoms with Gasteiger partial charge in [0.2, 0.25) is 0 Å². The van der Waals surface area contributed by atoms with Crippen molar-refractivity contribution in [2.45, 2.75) is 25.5 Å². The molecule has 1 aromatic rings. The number of hydrogen-bond donors (Lipinski definition) is 0. The molecule has 0 aliphatic heterocycles. The second-order valence-electron chi connectivity index (χ2n) is 4.26. The first kappa shape index (κ1) is 13.9. The van der Waals surface area contributed by atoms with Gasteiger partial charge in [-0.25, -0.2) is 4.21 Å². The highest BCUT2D eigenvalue weighted by Gasteiger charge is 2.18. The van der Waals surface area contributed by atoms with Crippen LogP contribution in [0, 0.1) is 0 Å². The summed E-state index contributed by atoms with van der Waals surface area (Å²) in [6.07, 6.45) is 1.58. The SMILES string of the molecule is CC(C)(C)[S@@](=O)N=Cc1cc(Cl)ccc1Br. The van der Waals surface area contributed by atoms with Gasteiger partial charge in [-0.3, -0.25) is 0 Å². The fraction of sp³-hybridized carbons (Fsp3) is 0.364. The summed E-state index contributed by atoms with van der Waals surface area (Å²) in [5, 5.41) is 0.631. The van der Waals surface area contributed by atoms with Crippen LogP contribution in [0.4, 0.5) is 0 Å². The van der Waals surface area contributed by atoms with E-state index in [9.17, 15) is 4.21 Å². The maximum Gasteiger partial charge on any atom is 0.144 e. The molecule has 16 heavy (non-hydrogen) atoms. The van der Waals surface area contributed by atoms with Crippen LogP contribution in [0.1, 0.15) is 26.3 Å². The zero-order chi connectivity index (χ0) is 12.3. The average Bonchev–Trinajstić information content (AvgIpc) is 2.17. The van der Waals surface area contributed by atoms with Crippen molar-refractivity contribution in [3.05, 3.63) is 33.3 Å². The first-order valence-corrected chi connectivity index (χ1v) is 6.99. The third-order valence-corrected chi connectivity index (χ3v) is 4.07. The summed E-state index contributed by atoms with van der Waals surface area (Å²) in [7, 11) is -1.25. The lowest BCUT2D eigenvalue weighted by Crippen LogP contribution is -2.19. The largest absolute Gasteiger partial charge is 0.234 e. The summed E-state index contributed by atoms with van der Waals surface area (Å²) in [6.45, 7) is 5.65. The first-order valence-electron chi connectivity index (χ1n) is 4.72. The van der Waals surface area contributed by atoms with E-state index in [1.54, 1.807) is 18.3 Å². The van der Waals surface area contributed by atoms with Crippen LogP contribution in [0.2, 0.25) is 5.02 Å². The Kier molecular flexibility index (Phi) is 4.71. The number of hydrogen-bond acceptors (Lipinski definition) is 1. The van der Waals surface area contributed by atoms with E-state index < -0.39 is 11.0 Å². The Morgan fingerprint density at radius 3 is 2.62 bits per heavy atom. The molecule has 0 aliphatic carbocycles. The van der Waals surface area contributed by atoms with Crippen LogP contribution < -0.4 is 0 Å². The van der Waals surface area contributed by atoms with Crippen molar-refractivity contribution < 1.29 is 4.21 Å². The van der Waals surface area contributed by atoms with E-state index in [1.807, 2.05) is 26.8 Å². The van der Waals surface area contributed by atoms with Crippen LogP contribution in [0.5, 0.6) is 0 Å². The van der Waals surface area contributed by atoms with Crippen LogP contribution in [0.25, 0.3) is 0 Å². The maximum atomic E-state index is 11.7. The molecule has 0 saturated carbocycles. The number of nitrogens with zero attached hydrogens (tertiary/aromatic N) is 1. The lowest BCUT2D eigenvalue weighted by molar-refractivity contribution is 0.651. The van der Waals surface area contributed by atoms with Crippen molar-refractivity contribution in [1.29, 1.82) is 0 Å². The van der Waals surface area contributed by atoms with Gasteiger partial charge in [0, 0.05) is 21.3 Å². The van der Waals surface area contributed by atoms with Crippen molar-refractivity contribution in [3.8, 4) is 0 Å². The minimum absolute atomic E-state index is 0.346. The molecule has 0 saturated heterocycles. The fourth-order valence-corrected chi connectivity index (χ4v) is 1.93. The summed E-state index contributed by atoms with van der Waals surface area (Å²) >= 11 is 9.25. The van der Waals surface area contributed by atoms with Gasteiger partial charge in [0.1, 0.15) is 11.0 Å². The summed E-state index contributed by atoms with van der Waals surface area (Å²) in [5.41, 5.74) is 0.824. The molecule has 0 radical (unpaired) electrons. The van der Waals surface area contributed by atoms with Crippen LogP contribution >= 0.6 is 27.5 Å². The highest BCUT2D eigenvalue weighted by molar-refractivity contribution is 9.10. The topological polar surface area (TPSA) is 29.4 Å². The monoisotopic (exact) mass is 321 g/mol. The van der Waals surface area contributed by atoms with Crippen molar-refractivity contribution in [1.82, 2.24) is 0 Å². The minimum Gasteiger partial charge on any atom is -0.234 e. The summed E-state index contributed by atoms with van der Waals surface area (Å²) in [4.78, 5) is 0. The standard InChI is InChI=1S/C11H13BrClNOS/c1-11(2,3)16(15)14-7-8-6-9(13)4-5-10(8)12/h4-7H,1-3H3/t16-/m1/s1. The molecule has 1 atom stereocenters. The smallest absolute Gasteiger partial charge is 0.144 e. The predicted molar refractivity (Wildman–Crippen MR) is 74.6 cm³/mol. The normalized spacial score (nSPS) is 14.3. The third kappa shape index (κ3) is 4.00. The van der Waals surface area contributed by atoms with Gasteiger partial charge < -0.3 is 0 Å². The molecule has 1 aromatic carbocycles. The summed E-state index contributed by atoms with van der Waals surface area (Å²) in [6, 6.07) is 5.39. The molecule has 0 amide bonds. The Bertz CT molecular complexity index is 440. The van der Waals surface area contributed by atoms with E-state index in [1.165, 1.54) is 0 Å². The van der Waals surface area contributed by atoms with E-state index in [4.69, 9.17) is 11.6 Å². The van der Waals surface area contributed by atoms with Gasteiger partial charge in [-0.2, -0.15) is 4.40 Å². The van der Waals surface area contributed by atoms with Gasteiger partial charge >= 0.3 is 0 Å². The molecule has 0 unspecified atom stereocenters. The fourth-order valence-electron chi connectivity index (χ4n) is 0.876. The van der Waals surface area contributed by atoms with E-state index >= 15 is 0 Å². The highest BCUT2D eigenvalue weighted by Crippen LogP contribution is 2.20. The Morgan fingerprint density at radius 1 is 1.44 bits per heavy atom. The van der Waals surface area contributed by atoms with Crippen LogP contribution in [0.3, 0.4) is 0 Å². The second kappa shape index (κ2) is 5.43. The lowest BCUT2D eigenvalue weighted by Gasteiger charge is -2.12.